The van der Waals surface area contributed by atoms with E-state index in [1.807, 2.05) is 6.07 Å². The molecular weight excluding hydrogens is 435 g/mol. The number of pyridine rings is 1. The van der Waals surface area contributed by atoms with Crippen LogP contribution in [0.3, 0.4) is 0 Å². The van der Waals surface area contributed by atoms with Crippen molar-refractivity contribution in [2.45, 2.75) is 32.5 Å². The third-order valence-electron chi connectivity index (χ3n) is 6.54. The minimum Gasteiger partial charge on any atom is -0.492 e. The predicted octanol–water partition coefficient (Wildman–Crippen LogP) is 4.46. The molecule has 174 valence electrons. The van der Waals surface area contributed by atoms with Crippen LogP contribution in [0.4, 0.5) is 24.7 Å². The van der Waals surface area contributed by atoms with E-state index in [1.54, 1.807) is 19.9 Å². The topological polar surface area (TPSA) is 83.4 Å². The molecule has 0 radical (unpaired) electrons. The summed E-state index contributed by atoms with van der Waals surface area (Å²) < 4.78 is 44.8. The quantitative estimate of drug-likeness (QED) is 0.596. The van der Waals surface area contributed by atoms with E-state index >= 15 is 0 Å². The number of anilines is 2. The molecule has 4 heterocycles. The minimum absolute atomic E-state index is 0.0761. The Morgan fingerprint density at radius 2 is 2.00 bits per heavy atom. The summed E-state index contributed by atoms with van der Waals surface area (Å²) in [7, 11) is 0. The Kier molecular flexibility index (Phi) is 5.08. The van der Waals surface area contributed by atoms with E-state index in [4.69, 9.17) is 4.74 Å². The van der Waals surface area contributed by atoms with Crippen molar-refractivity contribution in [2.24, 2.45) is 5.41 Å². The second-order valence-electron chi connectivity index (χ2n) is 9.01. The summed E-state index contributed by atoms with van der Waals surface area (Å²) in [6, 6.07) is 6.57. The van der Waals surface area contributed by atoms with Crippen LogP contribution in [0.5, 0.6) is 5.88 Å². The van der Waals surface area contributed by atoms with E-state index < -0.39 is 17.8 Å². The first-order chi connectivity index (χ1) is 15.7. The van der Waals surface area contributed by atoms with Gasteiger partial charge in [-0.1, -0.05) is 12.1 Å². The number of nitrogens with zero attached hydrogens (tertiary/aromatic N) is 4. The van der Waals surface area contributed by atoms with Crippen LogP contribution in [0.25, 0.3) is 10.9 Å². The average Bonchev–Trinajstić information content (AvgIpc) is 3.21. The van der Waals surface area contributed by atoms with Gasteiger partial charge in [0.25, 0.3) is 0 Å². The average molecular weight is 459 g/mol. The molecule has 0 saturated carbocycles. The molecule has 2 aliphatic rings. The third-order valence-corrected chi connectivity index (χ3v) is 6.54. The highest BCUT2D eigenvalue weighted by Gasteiger charge is 2.45. The molecule has 0 bridgehead atoms. The van der Waals surface area contributed by atoms with Crippen molar-refractivity contribution in [3.05, 3.63) is 47.2 Å². The van der Waals surface area contributed by atoms with Gasteiger partial charge in [-0.2, -0.15) is 18.3 Å². The molecule has 0 aliphatic carbocycles. The fourth-order valence-corrected chi connectivity index (χ4v) is 4.55. The summed E-state index contributed by atoms with van der Waals surface area (Å²) in [5.41, 5.74) is 1.55. The number of nitrogens with one attached hydrogen (secondary N) is 1. The molecular formula is C23H24F3N5O2. The highest BCUT2D eigenvalue weighted by Crippen LogP contribution is 2.42. The third kappa shape index (κ3) is 3.92. The van der Waals surface area contributed by atoms with E-state index in [0.717, 1.165) is 44.9 Å². The normalized spacial score (nSPS) is 18.5. The largest absolute Gasteiger partial charge is 0.492 e. The number of benzene rings is 1. The smallest absolute Gasteiger partial charge is 0.416 e. The number of aromatic hydroxyl groups is 1. The highest BCUT2D eigenvalue weighted by atomic mass is 19.4. The monoisotopic (exact) mass is 459 g/mol. The van der Waals surface area contributed by atoms with Crippen molar-refractivity contribution in [1.29, 1.82) is 0 Å². The molecule has 3 aromatic rings. The van der Waals surface area contributed by atoms with Crippen LogP contribution in [-0.2, 0) is 10.9 Å². The maximum absolute atomic E-state index is 13.1. The van der Waals surface area contributed by atoms with Gasteiger partial charge in [0, 0.05) is 23.9 Å². The highest BCUT2D eigenvalue weighted by molar-refractivity contribution is 5.93. The number of ether oxygens (including phenoxy) is 1. The summed E-state index contributed by atoms with van der Waals surface area (Å²) in [5.74, 6) is 0.322. The maximum atomic E-state index is 13.1. The van der Waals surface area contributed by atoms with Crippen LogP contribution in [0.1, 0.15) is 36.2 Å². The van der Waals surface area contributed by atoms with Crippen LogP contribution < -0.4 is 10.2 Å². The predicted molar refractivity (Wildman–Crippen MR) is 117 cm³/mol. The first kappa shape index (κ1) is 21.7. The Hall–Kier alpha value is -3.14. The molecule has 2 N–H and O–H groups in total. The second kappa shape index (κ2) is 7.72. The van der Waals surface area contributed by atoms with E-state index in [-0.39, 0.29) is 11.3 Å². The van der Waals surface area contributed by atoms with Gasteiger partial charge in [-0.25, -0.2) is 4.98 Å². The van der Waals surface area contributed by atoms with Crippen molar-refractivity contribution in [3.63, 3.8) is 0 Å². The zero-order valence-electron chi connectivity index (χ0n) is 18.3. The number of hydrogen-bond acceptors (Lipinski definition) is 7. The van der Waals surface area contributed by atoms with Crippen molar-refractivity contribution in [3.8, 4) is 5.88 Å². The minimum atomic E-state index is -4.42. The molecule has 2 aliphatic heterocycles. The molecule has 10 heteroatoms. The van der Waals surface area contributed by atoms with Crippen LogP contribution in [-0.4, -0.2) is 46.6 Å². The van der Waals surface area contributed by atoms with Gasteiger partial charge in [-0.05, 0) is 44.0 Å². The van der Waals surface area contributed by atoms with Crippen LogP contribution in [0.15, 0.2) is 30.3 Å². The molecule has 7 nitrogen and oxygen atoms in total. The number of halogens is 3. The van der Waals surface area contributed by atoms with Gasteiger partial charge < -0.3 is 20.1 Å². The Labute approximate surface area is 188 Å². The zero-order valence-corrected chi connectivity index (χ0v) is 18.3. The maximum Gasteiger partial charge on any atom is 0.416 e. The zero-order chi connectivity index (χ0) is 23.4. The summed E-state index contributed by atoms with van der Waals surface area (Å²) >= 11 is 0. The Balaban J connectivity index is 1.49. The number of rotatable bonds is 4. The fourth-order valence-electron chi connectivity index (χ4n) is 4.55. The van der Waals surface area contributed by atoms with E-state index in [0.29, 0.717) is 33.7 Å². The number of aromatic nitrogens is 3. The Bertz CT molecular complexity index is 1210. The summed E-state index contributed by atoms with van der Waals surface area (Å²) in [6.07, 6.45) is -3.43. The van der Waals surface area contributed by atoms with Gasteiger partial charge in [0.15, 0.2) is 5.82 Å². The molecule has 5 rings (SSSR count). The molecule has 2 fully saturated rings. The number of alkyl halides is 3. The number of hydrogen-bond donors (Lipinski definition) is 2. The SMILES string of the molecule is Cc1nnc(N[C@H](C)c2cccc(C(F)(F)F)c2)c2cc(N3CCC4(COC4)C3)c(O)nc12. The molecule has 2 saturated heterocycles. The van der Waals surface area contributed by atoms with Crippen LogP contribution >= 0.6 is 0 Å². The summed E-state index contributed by atoms with van der Waals surface area (Å²) in [6.45, 7) is 6.50. The lowest BCUT2D eigenvalue weighted by Gasteiger charge is -2.37. The summed E-state index contributed by atoms with van der Waals surface area (Å²) in [4.78, 5) is 6.49. The number of fused-ring (bicyclic) bond motifs is 1. The Morgan fingerprint density at radius 1 is 1.21 bits per heavy atom. The summed E-state index contributed by atoms with van der Waals surface area (Å²) in [5, 5.41) is 22.9. The van der Waals surface area contributed by atoms with Gasteiger partial charge >= 0.3 is 6.18 Å². The van der Waals surface area contributed by atoms with Gasteiger partial charge in [-0.3, -0.25) is 0 Å². The van der Waals surface area contributed by atoms with Gasteiger partial charge in [-0.15, -0.1) is 5.10 Å². The molecule has 0 unspecified atom stereocenters. The first-order valence-electron chi connectivity index (χ1n) is 10.8. The van der Waals surface area contributed by atoms with Gasteiger partial charge in [0.2, 0.25) is 5.88 Å². The van der Waals surface area contributed by atoms with Crippen molar-refractivity contribution in [1.82, 2.24) is 15.2 Å². The fraction of sp³-hybridized carbons (Fsp3) is 0.435. The first-order valence-corrected chi connectivity index (χ1v) is 10.8. The van der Waals surface area contributed by atoms with E-state index in [1.165, 1.54) is 6.07 Å². The molecule has 1 atom stereocenters. The molecule has 33 heavy (non-hydrogen) atoms. The molecule has 1 spiro atoms. The lowest BCUT2D eigenvalue weighted by Crippen LogP contribution is -2.44. The second-order valence-corrected chi connectivity index (χ2v) is 9.01. The lowest BCUT2D eigenvalue weighted by molar-refractivity contribution is -0.137. The molecule has 2 aromatic heterocycles. The Morgan fingerprint density at radius 3 is 2.67 bits per heavy atom. The number of aryl methyl sites for hydroxylation is 1. The van der Waals surface area contributed by atoms with Crippen LogP contribution in [0, 0.1) is 12.3 Å². The van der Waals surface area contributed by atoms with E-state index in [2.05, 4.69) is 25.4 Å². The van der Waals surface area contributed by atoms with Crippen LogP contribution in [0.2, 0.25) is 0 Å². The molecule has 0 amide bonds. The van der Waals surface area contributed by atoms with Crippen molar-refractivity contribution >= 4 is 22.4 Å². The van der Waals surface area contributed by atoms with E-state index in [9.17, 15) is 18.3 Å². The van der Waals surface area contributed by atoms with Crippen molar-refractivity contribution < 1.29 is 23.0 Å². The van der Waals surface area contributed by atoms with Gasteiger partial charge in [0.05, 0.1) is 30.5 Å². The lowest BCUT2D eigenvalue weighted by atomic mass is 9.85. The molecule has 1 aromatic carbocycles. The van der Waals surface area contributed by atoms with Crippen molar-refractivity contribution in [2.75, 3.05) is 36.5 Å². The standard InChI is InChI=1S/C23H24F3N5O2/c1-13(15-4-3-5-16(8-15)23(24,25)26)27-20-17-9-18(21(32)28-19(17)14(2)29-30-20)31-7-6-22(10-31)11-33-12-22/h3-5,8-9,13H,6-7,10-12H2,1-2H3,(H,27,30)(H,28,32)/t13-/m1/s1. The van der Waals surface area contributed by atoms with Gasteiger partial charge in [0.1, 0.15) is 11.2 Å².